The zero-order valence-electron chi connectivity index (χ0n) is 14.5. The van der Waals surface area contributed by atoms with Crippen molar-refractivity contribution in [2.24, 2.45) is 5.92 Å². The second-order valence-electron chi connectivity index (χ2n) is 6.95. The molecule has 0 saturated heterocycles. The largest absolute Gasteiger partial charge is 0.481 e. The normalized spacial score (nSPS) is 20.9. The van der Waals surface area contributed by atoms with Gasteiger partial charge >= 0.3 is 5.97 Å². The first-order chi connectivity index (χ1) is 12.0. The van der Waals surface area contributed by atoms with E-state index in [0.717, 1.165) is 47.1 Å². The molecule has 0 spiro atoms. The summed E-state index contributed by atoms with van der Waals surface area (Å²) in [4.78, 5) is 16.1. The molecule has 0 aromatic carbocycles. The van der Waals surface area contributed by atoms with E-state index < -0.39 is 5.97 Å². The first kappa shape index (κ1) is 18.2. The molecule has 1 aliphatic rings. The Kier molecular flexibility index (Phi) is 5.61. The van der Waals surface area contributed by atoms with Gasteiger partial charge in [-0.25, -0.2) is 4.98 Å². The fourth-order valence-electron chi connectivity index (χ4n) is 3.68. The Morgan fingerprint density at radius 2 is 2.08 bits per heavy atom. The van der Waals surface area contributed by atoms with Crippen molar-refractivity contribution in [2.75, 3.05) is 5.73 Å². The van der Waals surface area contributed by atoms with Gasteiger partial charge in [-0.05, 0) is 54.5 Å². The van der Waals surface area contributed by atoms with Crippen molar-refractivity contribution in [3.63, 3.8) is 0 Å². The molecule has 1 saturated carbocycles. The van der Waals surface area contributed by atoms with Crippen LogP contribution in [0.2, 0.25) is 0 Å². The van der Waals surface area contributed by atoms with Gasteiger partial charge in [-0.3, -0.25) is 4.79 Å². The van der Waals surface area contributed by atoms with E-state index in [1.807, 2.05) is 6.20 Å². The van der Waals surface area contributed by atoms with Crippen LogP contribution in [0.25, 0.3) is 5.65 Å². The van der Waals surface area contributed by atoms with Gasteiger partial charge in [-0.1, -0.05) is 19.8 Å². The number of rotatable bonds is 6. The number of nitrogens with two attached hydrogens (primary N) is 1. The molecule has 0 amide bonds. The summed E-state index contributed by atoms with van der Waals surface area (Å²) in [7, 11) is 0. The predicted octanol–water partition coefficient (Wildman–Crippen LogP) is 4.17. The number of aryl methyl sites for hydroxylation is 1. The molecule has 7 heteroatoms. The van der Waals surface area contributed by atoms with Crippen LogP contribution >= 0.6 is 15.9 Å². The maximum atomic E-state index is 11.2. The van der Waals surface area contributed by atoms with E-state index in [1.165, 1.54) is 12.8 Å². The molecule has 2 aromatic heterocycles. The molecular weight excluding hydrogens is 384 g/mol. The SMILES string of the molecule is CCCCCc1cnn2c(N)c(Br)c(C3CCC(C(=O)O)CC3)nc12. The second kappa shape index (κ2) is 7.72. The van der Waals surface area contributed by atoms with Crippen molar-refractivity contribution in [1.82, 2.24) is 14.6 Å². The maximum absolute atomic E-state index is 11.2. The first-order valence-electron chi connectivity index (χ1n) is 9.07. The molecule has 2 aromatic rings. The Labute approximate surface area is 155 Å². The zero-order chi connectivity index (χ0) is 18.0. The summed E-state index contributed by atoms with van der Waals surface area (Å²) in [5, 5.41) is 13.6. The lowest BCUT2D eigenvalue weighted by Gasteiger charge is -2.26. The van der Waals surface area contributed by atoms with E-state index in [4.69, 9.17) is 10.7 Å². The number of carboxylic acid groups (broad SMARTS) is 1. The summed E-state index contributed by atoms with van der Waals surface area (Å²) >= 11 is 3.59. The summed E-state index contributed by atoms with van der Waals surface area (Å²) in [5.74, 6) is -0.0946. The standard InChI is InChI=1S/C18H25BrN4O2/c1-2-3-4-5-13-10-21-23-16(20)14(19)15(22-17(13)23)11-6-8-12(9-7-11)18(24)25/h10-12H,2-9,20H2,1H3,(H,24,25). The van der Waals surface area contributed by atoms with Gasteiger partial charge in [0.2, 0.25) is 0 Å². The van der Waals surface area contributed by atoms with Crippen LogP contribution in [0.4, 0.5) is 5.82 Å². The number of nitrogens with zero attached hydrogens (tertiary/aromatic N) is 3. The average Bonchev–Trinajstić information content (AvgIpc) is 3.01. The van der Waals surface area contributed by atoms with Crippen molar-refractivity contribution in [3.05, 3.63) is 21.9 Å². The van der Waals surface area contributed by atoms with Crippen LogP contribution in [0.15, 0.2) is 10.7 Å². The van der Waals surface area contributed by atoms with Crippen molar-refractivity contribution >= 4 is 33.4 Å². The van der Waals surface area contributed by atoms with Crippen LogP contribution in [0, 0.1) is 5.92 Å². The monoisotopic (exact) mass is 408 g/mol. The number of aromatic nitrogens is 3. The Bertz CT molecular complexity index is 766. The van der Waals surface area contributed by atoms with Crippen LogP contribution in [0.5, 0.6) is 0 Å². The highest BCUT2D eigenvalue weighted by Gasteiger charge is 2.30. The first-order valence-corrected chi connectivity index (χ1v) is 9.86. The number of fused-ring (bicyclic) bond motifs is 1. The third-order valence-corrected chi connectivity index (χ3v) is 6.05. The lowest BCUT2D eigenvalue weighted by Crippen LogP contribution is -2.21. The molecule has 3 N–H and O–H groups in total. The summed E-state index contributed by atoms with van der Waals surface area (Å²) in [6.45, 7) is 2.19. The van der Waals surface area contributed by atoms with Gasteiger partial charge in [0, 0.05) is 11.5 Å². The number of nitrogen functional groups attached to an aromatic ring is 1. The number of carboxylic acids is 1. The van der Waals surface area contributed by atoms with Crippen LogP contribution in [0.3, 0.4) is 0 Å². The van der Waals surface area contributed by atoms with Crippen molar-refractivity contribution < 1.29 is 9.90 Å². The van der Waals surface area contributed by atoms with Crippen molar-refractivity contribution in [1.29, 1.82) is 0 Å². The molecule has 0 unspecified atom stereocenters. The van der Waals surface area contributed by atoms with Crippen LogP contribution in [-0.2, 0) is 11.2 Å². The predicted molar refractivity (Wildman–Crippen MR) is 101 cm³/mol. The van der Waals surface area contributed by atoms with E-state index in [9.17, 15) is 9.90 Å². The molecule has 136 valence electrons. The highest BCUT2D eigenvalue weighted by Crippen LogP contribution is 2.40. The topological polar surface area (TPSA) is 93.5 Å². The highest BCUT2D eigenvalue weighted by molar-refractivity contribution is 9.10. The number of anilines is 1. The molecule has 1 fully saturated rings. The van der Waals surface area contributed by atoms with Gasteiger partial charge in [0.1, 0.15) is 5.82 Å². The molecule has 0 atom stereocenters. The molecule has 3 rings (SSSR count). The van der Waals surface area contributed by atoms with Crippen LogP contribution in [-0.4, -0.2) is 25.7 Å². The summed E-state index contributed by atoms with van der Waals surface area (Å²) in [5.41, 5.74) is 9.21. The van der Waals surface area contributed by atoms with Gasteiger partial charge in [-0.15, -0.1) is 0 Å². The lowest BCUT2D eigenvalue weighted by atomic mass is 9.80. The number of carbonyl (C=O) groups is 1. The molecule has 6 nitrogen and oxygen atoms in total. The smallest absolute Gasteiger partial charge is 0.306 e. The summed E-state index contributed by atoms with van der Waals surface area (Å²) < 4.78 is 2.50. The fourth-order valence-corrected chi connectivity index (χ4v) is 4.27. The maximum Gasteiger partial charge on any atom is 0.306 e. The van der Waals surface area contributed by atoms with E-state index in [1.54, 1.807) is 4.52 Å². The van der Waals surface area contributed by atoms with Gasteiger partial charge < -0.3 is 10.8 Å². The van der Waals surface area contributed by atoms with Crippen LogP contribution in [0.1, 0.15) is 69.0 Å². The van der Waals surface area contributed by atoms with Gasteiger partial charge in [0.05, 0.1) is 22.3 Å². The van der Waals surface area contributed by atoms with Crippen molar-refractivity contribution in [2.45, 2.75) is 64.2 Å². The number of hydrogen-bond donors (Lipinski definition) is 2. The minimum atomic E-state index is -0.686. The molecule has 0 radical (unpaired) electrons. The number of aliphatic carboxylic acids is 1. The highest BCUT2D eigenvalue weighted by atomic mass is 79.9. The minimum absolute atomic E-state index is 0.226. The average molecular weight is 409 g/mol. The van der Waals surface area contributed by atoms with E-state index in [-0.39, 0.29) is 11.8 Å². The lowest BCUT2D eigenvalue weighted by molar-refractivity contribution is -0.142. The van der Waals surface area contributed by atoms with E-state index in [2.05, 4.69) is 28.0 Å². The Morgan fingerprint density at radius 1 is 1.36 bits per heavy atom. The molecular formula is C18H25BrN4O2. The molecule has 25 heavy (non-hydrogen) atoms. The Morgan fingerprint density at radius 3 is 2.72 bits per heavy atom. The molecule has 1 aliphatic carbocycles. The Hall–Kier alpha value is -1.63. The van der Waals surface area contributed by atoms with E-state index in [0.29, 0.717) is 18.7 Å². The summed E-state index contributed by atoms with van der Waals surface area (Å²) in [6.07, 6.45) is 9.36. The van der Waals surface area contributed by atoms with Gasteiger partial charge in [0.25, 0.3) is 0 Å². The van der Waals surface area contributed by atoms with Crippen LogP contribution < -0.4 is 5.73 Å². The molecule has 0 aliphatic heterocycles. The quantitative estimate of drug-likeness (QED) is 0.699. The minimum Gasteiger partial charge on any atom is -0.481 e. The third kappa shape index (κ3) is 3.66. The number of hydrogen-bond acceptors (Lipinski definition) is 4. The van der Waals surface area contributed by atoms with Crippen molar-refractivity contribution in [3.8, 4) is 0 Å². The van der Waals surface area contributed by atoms with Gasteiger partial charge in [-0.2, -0.15) is 9.61 Å². The van der Waals surface area contributed by atoms with E-state index >= 15 is 0 Å². The number of unbranched alkanes of at least 4 members (excludes halogenated alkanes) is 2. The second-order valence-corrected chi connectivity index (χ2v) is 7.74. The molecule has 2 heterocycles. The third-order valence-electron chi connectivity index (χ3n) is 5.23. The zero-order valence-corrected chi connectivity index (χ0v) is 16.1. The van der Waals surface area contributed by atoms with Gasteiger partial charge in [0.15, 0.2) is 5.65 Å². The molecule has 0 bridgehead atoms. The Balaban J connectivity index is 1.89. The summed E-state index contributed by atoms with van der Waals surface area (Å²) in [6, 6.07) is 0. The fraction of sp³-hybridized carbons (Fsp3) is 0.611. The number of halogens is 1.